The summed E-state index contributed by atoms with van der Waals surface area (Å²) in [6, 6.07) is 1.83. The van der Waals surface area contributed by atoms with Gasteiger partial charge >= 0.3 is 6.03 Å². The summed E-state index contributed by atoms with van der Waals surface area (Å²) in [5, 5.41) is 17.3. The number of urea groups is 1. The molecule has 116 valence electrons. The van der Waals surface area contributed by atoms with E-state index in [0.717, 1.165) is 17.9 Å². The number of anilines is 1. The highest BCUT2D eigenvalue weighted by Crippen LogP contribution is 2.36. The second-order valence-corrected chi connectivity index (χ2v) is 6.42. The second kappa shape index (κ2) is 5.67. The van der Waals surface area contributed by atoms with Crippen LogP contribution in [0.2, 0.25) is 0 Å². The van der Waals surface area contributed by atoms with Crippen LogP contribution in [0.4, 0.5) is 10.6 Å². The number of aliphatic hydroxyl groups is 1. The number of nitrogens with one attached hydrogen (secondary N) is 1. The molecule has 2 fully saturated rings. The van der Waals surface area contributed by atoms with Crippen molar-refractivity contribution in [1.82, 2.24) is 14.7 Å². The van der Waals surface area contributed by atoms with Crippen molar-refractivity contribution < 1.29 is 9.90 Å². The Hall–Kier alpha value is -1.56. The summed E-state index contributed by atoms with van der Waals surface area (Å²) in [5.74, 6) is 1.55. The summed E-state index contributed by atoms with van der Waals surface area (Å²) in [6.45, 7) is 3.11. The average molecular weight is 292 g/mol. The molecule has 1 aromatic rings. The van der Waals surface area contributed by atoms with E-state index in [1.165, 1.54) is 19.3 Å². The quantitative estimate of drug-likeness (QED) is 0.875. The number of β-amino-alcohol motifs (C(OH)–C–C–N with tert-alkyl or cyclic N) is 1. The fraction of sp³-hybridized carbons (Fsp3) is 0.733. The maximum Gasteiger partial charge on any atom is 0.323 e. The fourth-order valence-corrected chi connectivity index (χ4v) is 2.93. The lowest BCUT2D eigenvalue weighted by Crippen LogP contribution is -2.47. The van der Waals surface area contributed by atoms with E-state index < -0.39 is 6.10 Å². The van der Waals surface area contributed by atoms with Crippen molar-refractivity contribution in [3.8, 4) is 0 Å². The van der Waals surface area contributed by atoms with Crippen LogP contribution in [-0.2, 0) is 7.05 Å². The molecular formula is C15H24N4O2. The summed E-state index contributed by atoms with van der Waals surface area (Å²) >= 11 is 0. The molecule has 0 spiro atoms. The average Bonchev–Trinajstić information content (AvgIpc) is 2.71. The summed E-state index contributed by atoms with van der Waals surface area (Å²) < 4.78 is 1.73. The Labute approximate surface area is 125 Å². The van der Waals surface area contributed by atoms with Crippen molar-refractivity contribution >= 4 is 11.8 Å². The van der Waals surface area contributed by atoms with E-state index in [2.05, 4.69) is 10.4 Å². The predicted octanol–water partition coefficient (Wildman–Crippen LogP) is 1.92. The first-order valence-corrected chi connectivity index (χ1v) is 7.82. The summed E-state index contributed by atoms with van der Waals surface area (Å²) in [6.07, 6.45) is 4.07. The lowest BCUT2D eigenvalue weighted by atomic mass is 9.83. The minimum atomic E-state index is -0.429. The molecule has 2 amide bonds. The zero-order chi connectivity index (χ0) is 15.0. The van der Waals surface area contributed by atoms with Crippen LogP contribution in [0.1, 0.15) is 44.2 Å². The van der Waals surface area contributed by atoms with Gasteiger partial charge in [0.15, 0.2) is 0 Å². The standard InChI is InChI=1S/C15H24N4O2/c1-10-6-7-19(9-13(10)20)15(21)16-14-8-12(17-18(14)2)11-4-3-5-11/h8,10-11,13,20H,3-7,9H2,1-2H3,(H,16,21). The molecule has 1 aromatic heterocycles. The number of nitrogens with zero attached hydrogens (tertiary/aromatic N) is 3. The van der Waals surface area contributed by atoms with Gasteiger partial charge in [-0.2, -0.15) is 5.10 Å². The van der Waals surface area contributed by atoms with Crippen molar-refractivity contribution in [1.29, 1.82) is 0 Å². The molecule has 2 unspecified atom stereocenters. The molecule has 1 aliphatic heterocycles. The van der Waals surface area contributed by atoms with E-state index in [1.54, 1.807) is 9.58 Å². The largest absolute Gasteiger partial charge is 0.391 e. The molecule has 1 saturated carbocycles. The summed E-state index contributed by atoms with van der Waals surface area (Å²) in [5.41, 5.74) is 1.08. The number of carbonyl (C=O) groups excluding carboxylic acids is 1. The number of aryl methyl sites for hydroxylation is 1. The number of piperidine rings is 1. The molecule has 21 heavy (non-hydrogen) atoms. The highest BCUT2D eigenvalue weighted by molar-refractivity contribution is 5.88. The fourth-order valence-electron chi connectivity index (χ4n) is 2.93. The summed E-state index contributed by atoms with van der Waals surface area (Å²) in [7, 11) is 1.85. The van der Waals surface area contributed by atoms with Crippen LogP contribution in [0.25, 0.3) is 0 Å². The van der Waals surface area contributed by atoms with Gasteiger partial charge in [0, 0.05) is 32.1 Å². The van der Waals surface area contributed by atoms with E-state index in [4.69, 9.17) is 0 Å². The lowest BCUT2D eigenvalue weighted by Gasteiger charge is -2.34. The SMILES string of the molecule is CC1CCN(C(=O)Nc2cc(C3CCC3)nn2C)CC1O. The third kappa shape index (κ3) is 2.90. The Balaban J connectivity index is 1.63. The van der Waals surface area contributed by atoms with Gasteiger partial charge in [0.05, 0.1) is 11.8 Å². The number of likely N-dealkylation sites (tertiary alicyclic amines) is 1. The second-order valence-electron chi connectivity index (χ2n) is 6.42. The number of carbonyl (C=O) groups is 1. The number of aliphatic hydroxyl groups excluding tert-OH is 1. The van der Waals surface area contributed by atoms with Gasteiger partial charge in [-0.3, -0.25) is 10.00 Å². The molecule has 2 heterocycles. The third-order valence-electron chi connectivity index (χ3n) is 4.86. The molecule has 0 aromatic carbocycles. The van der Waals surface area contributed by atoms with Gasteiger partial charge in [-0.15, -0.1) is 0 Å². The molecule has 2 aliphatic rings. The van der Waals surface area contributed by atoms with E-state index >= 15 is 0 Å². The molecule has 2 atom stereocenters. The van der Waals surface area contributed by atoms with Crippen LogP contribution in [0.5, 0.6) is 0 Å². The van der Waals surface area contributed by atoms with Gasteiger partial charge in [-0.25, -0.2) is 4.79 Å². The highest BCUT2D eigenvalue weighted by Gasteiger charge is 2.28. The molecule has 2 N–H and O–H groups in total. The molecule has 3 rings (SSSR count). The maximum absolute atomic E-state index is 12.3. The minimum absolute atomic E-state index is 0.149. The first-order valence-electron chi connectivity index (χ1n) is 7.82. The first-order chi connectivity index (χ1) is 10.0. The molecule has 1 aliphatic carbocycles. The molecule has 1 saturated heterocycles. The van der Waals surface area contributed by atoms with Crippen molar-refractivity contribution in [3.05, 3.63) is 11.8 Å². The van der Waals surface area contributed by atoms with Gasteiger partial charge in [0.2, 0.25) is 0 Å². The van der Waals surface area contributed by atoms with Gasteiger partial charge in [-0.05, 0) is 25.2 Å². The normalized spacial score (nSPS) is 26.5. The van der Waals surface area contributed by atoms with Crippen molar-refractivity contribution in [2.45, 2.75) is 44.6 Å². The molecule has 0 radical (unpaired) electrons. The van der Waals surface area contributed by atoms with Crippen LogP contribution in [0, 0.1) is 5.92 Å². The first kappa shape index (κ1) is 14.4. The third-order valence-corrected chi connectivity index (χ3v) is 4.86. The van der Waals surface area contributed by atoms with Crippen LogP contribution >= 0.6 is 0 Å². The van der Waals surface area contributed by atoms with E-state index in [9.17, 15) is 9.90 Å². The highest BCUT2D eigenvalue weighted by atomic mass is 16.3. The lowest BCUT2D eigenvalue weighted by molar-refractivity contribution is 0.0463. The Morgan fingerprint density at radius 3 is 2.81 bits per heavy atom. The van der Waals surface area contributed by atoms with Gasteiger partial charge in [-0.1, -0.05) is 13.3 Å². The van der Waals surface area contributed by atoms with Gasteiger partial charge in [0.1, 0.15) is 5.82 Å². The monoisotopic (exact) mass is 292 g/mol. The Bertz CT molecular complexity index is 524. The Morgan fingerprint density at radius 2 is 2.19 bits per heavy atom. The number of hydrogen-bond acceptors (Lipinski definition) is 3. The topological polar surface area (TPSA) is 70.4 Å². The smallest absolute Gasteiger partial charge is 0.323 e. The van der Waals surface area contributed by atoms with E-state index in [1.807, 2.05) is 20.0 Å². The molecular weight excluding hydrogens is 268 g/mol. The van der Waals surface area contributed by atoms with Crippen LogP contribution in [0.15, 0.2) is 6.07 Å². The zero-order valence-electron chi connectivity index (χ0n) is 12.7. The van der Waals surface area contributed by atoms with Crippen LogP contribution < -0.4 is 5.32 Å². The number of hydrogen-bond donors (Lipinski definition) is 2. The van der Waals surface area contributed by atoms with E-state index in [-0.39, 0.29) is 11.9 Å². The Kier molecular flexibility index (Phi) is 3.89. The maximum atomic E-state index is 12.3. The van der Waals surface area contributed by atoms with Crippen LogP contribution in [-0.4, -0.2) is 45.0 Å². The van der Waals surface area contributed by atoms with Crippen molar-refractivity contribution in [3.63, 3.8) is 0 Å². The predicted molar refractivity (Wildman–Crippen MR) is 80.2 cm³/mol. The Morgan fingerprint density at radius 1 is 1.43 bits per heavy atom. The molecule has 0 bridgehead atoms. The number of aromatic nitrogens is 2. The summed E-state index contributed by atoms with van der Waals surface area (Å²) in [4.78, 5) is 14.0. The van der Waals surface area contributed by atoms with Crippen LogP contribution in [0.3, 0.4) is 0 Å². The molecule has 6 heteroatoms. The van der Waals surface area contributed by atoms with Crippen molar-refractivity contribution in [2.75, 3.05) is 18.4 Å². The number of amides is 2. The van der Waals surface area contributed by atoms with Gasteiger partial charge in [0.25, 0.3) is 0 Å². The number of rotatable bonds is 2. The zero-order valence-corrected chi connectivity index (χ0v) is 12.7. The minimum Gasteiger partial charge on any atom is -0.391 e. The van der Waals surface area contributed by atoms with Gasteiger partial charge < -0.3 is 10.0 Å². The van der Waals surface area contributed by atoms with E-state index in [0.29, 0.717) is 19.0 Å². The molecule has 6 nitrogen and oxygen atoms in total. The van der Waals surface area contributed by atoms with Crippen molar-refractivity contribution in [2.24, 2.45) is 13.0 Å².